The third kappa shape index (κ3) is 13.1. The molecule has 0 unspecified atom stereocenters. The number of hydrogen-bond acceptors (Lipinski definition) is 8. The van der Waals surface area contributed by atoms with Gasteiger partial charge in [-0.2, -0.15) is 0 Å². The largest absolute Gasteiger partial charge is 0.492 e. The first-order valence-corrected chi connectivity index (χ1v) is 22.6. The van der Waals surface area contributed by atoms with Crippen LogP contribution in [0.3, 0.4) is 0 Å². The second-order valence-electron chi connectivity index (χ2n) is 12.2. The van der Waals surface area contributed by atoms with Crippen molar-refractivity contribution < 1.29 is 9.47 Å². The van der Waals surface area contributed by atoms with Crippen molar-refractivity contribution in [1.29, 1.82) is 0 Å². The molecule has 0 spiro atoms. The summed E-state index contributed by atoms with van der Waals surface area (Å²) >= 11 is 14.0. The smallest absolute Gasteiger partial charge is 0.155 e. The number of thiophene rings is 2. The molecule has 0 amide bonds. The second-order valence-corrected chi connectivity index (χ2v) is 19.0. The number of rotatable bonds is 26. The molecule has 10 heteroatoms. The van der Waals surface area contributed by atoms with Gasteiger partial charge in [-0.05, 0) is 44.7 Å². The summed E-state index contributed by atoms with van der Waals surface area (Å²) in [4.78, 5) is 14.2. The van der Waals surface area contributed by atoms with Crippen molar-refractivity contribution in [3.63, 3.8) is 0 Å². The molecule has 0 aliphatic rings. The molecule has 0 saturated carbocycles. The van der Waals surface area contributed by atoms with Crippen molar-refractivity contribution in [2.45, 2.75) is 142 Å². The molecule has 4 aromatic heterocycles. The molecule has 4 aromatic rings. The normalized spacial score (nSPS) is 11.7. The van der Waals surface area contributed by atoms with E-state index in [9.17, 15) is 0 Å². The minimum Gasteiger partial charge on any atom is -0.492 e. The summed E-state index contributed by atoms with van der Waals surface area (Å²) in [5, 5.41) is 1.97. The predicted molar refractivity (Wildman–Crippen MR) is 212 cm³/mol. The third-order valence-corrected chi connectivity index (χ3v) is 13.8. The first-order valence-electron chi connectivity index (χ1n) is 17.7. The number of aromatic nitrogens is 2. The van der Waals surface area contributed by atoms with Crippen LogP contribution in [0.25, 0.3) is 29.4 Å². The van der Waals surface area contributed by atoms with Crippen molar-refractivity contribution in [2.24, 2.45) is 0 Å². The molecular weight excluding hydrogens is 780 g/mol. The number of ether oxygens (including phenoxy) is 2. The Morgan fingerprint density at radius 1 is 0.478 bits per heavy atom. The summed E-state index contributed by atoms with van der Waals surface area (Å²) in [6.07, 6.45) is 26.5. The molecule has 4 nitrogen and oxygen atoms in total. The first-order chi connectivity index (χ1) is 22.6. The summed E-state index contributed by atoms with van der Waals surface area (Å²) in [5.41, 5.74) is 0. The van der Waals surface area contributed by atoms with Crippen LogP contribution in [-0.2, 0) is 0 Å². The van der Waals surface area contributed by atoms with Crippen LogP contribution in [0, 0.1) is 0 Å². The maximum atomic E-state index is 6.27. The number of unbranched alkanes of at least 4 members (excludes halogenated alkanes) is 18. The van der Waals surface area contributed by atoms with E-state index in [0.29, 0.717) is 0 Å². The van der Waals surface area contributed by atoms with Gasteiger partial charge in [-0.1, -0.05) is 152 Å². The Morgan fingerprint density at radius 2 is 0.804 bits per heavy atom. The van der Waals surface area contributed by atoms with Gasteiger partial charge in [0.2, 0.25) is 0 Å². The molecule has 46 heavy (non-hydrogen) atoms. The fourth-order valence-corrected chi connectivity index (χ4v) is 10.8. The lowest BCUT2D eigenvalue weighted by Gasteiger charge is -2.06. The van der Waals surface area contributed by atoms with Crippen LogP contribution in [-0.4, -0.2) is 23.2 Å². The standard InChI is InChI=1S/C36H52Br2N2O2S4/c1-3-5-7-9-11-13-15-17-19-21-23-41-27-25-29(37)43-31(27)33-39-35-36(45-33)40-34(46-35)32-28(26-30(38)44-32)42-24-22-20-18-16-14-12-10-8-6-4-2/h25-26H,3-24H2,1-2H3. The average molecular weight is 833 g/mol. The Labute approximate surface area is 310 Å². The van der Waals surface area contributed by atoms with Gasteiger partial charge < -0.3 is 9.47 Å². The van der Waals surface area contributed by atoms with Gasteiger partial charge in [-0.3, -0.25) is 0 Å². The molecule has 0 N–H and O–H groups in total. The minimum atomic E-state index is 0.754. The Morgan fingerprint density at radius 3 is 1.15 bits per heavy atom. The number of thiazole rings is 2. The van der Waals surface area contributed by atoms with Crippen molar-refractivity contribution >= 4 is 86.9 Å². The molecule has 0 fully saturated rings. The summed E-state index contributed by atoms with van der Waals surface area (Å²) in [6.45, 7) is 6.07. The monoisotopic (exact) mass is 830 g/mol. The molecule has 0 aliphatic carbocycles. The van der Waals surface area contributed by atoms with Gasteiger partial charge in [0, 0.05) is 12.1 Å². The van der Waals surface area contributed by atoms with Crippen molar-refractivity contribution in [2.75, 3.05) is 13.2 Å². The van der Waals surface area contributed by atoms with Gasteiger partial charge in [0.05, 0.1) is 20.8 Å². The highest BCUT2D eigenvalue weighted by Gasteiger charge is 2.21. The SMILES string of the molecule is CCCCCCCCCCCCOc1cc(Br)sc1-c1nc2sc(-c3sc(Br)cc3OCCCCCCCCCCCC)nc2s1. The fourth-order valence-electron chi connectivity index (χ4n) is 5.58. The van der Waals surface area contributed by atoms with E-state index >= 15 is 0 Å². The molecule has 0 saturated heterocycles. The second kappa shape index (κ2) is 22.2. The summed E-state index contributed by atoms with van der Waals surface area (Å²) in [6, 6.07) is 4.18. The molecule has 0 aliphatic heterocycles. The van der Waals surface area contributed by atoms with E-state index in [1.807, 2.05) is 0 Å². The molecule has 256 valence electrons. The van der Waals surface area contributed by atoms with E-state index in [1.54, 1.807) is 45.3 Å². The van der Waals surface area contributed by atoms with E-state index in [4.69, 9.17) is 19.4 Å². The number of nitrogens with zero attached hydrogens (tertiary/aromatic N) is 2. The molecule has 0 radical (unpaired) electrons. The molecule has 0 aromatic carbocycles. The van der Waals surface area contributed by atoms with Gasteiger partial charge in [-0.25, -0.2) is 9.97 Å². The predicted octanol–water partition coefficient (Wildman–Crippen LogP) is 15.3. The van der Waals surface area contributed by atoms with Gasteiger partial charge in [0.15, 0.2) is 9.66 Å². The maximum Gasteiger partial charge on any atom is 0.155 e. The molecule has 4 heterocycles. The molecule has 0 atom stereocenters. The van der Waals surface area contributed by atoms with Gasteiger partial charge in [0.1, 0.15) is 31.3 Å². The maximum absolute atomic E-state index is 6.27. The lowest BCUT2D eigenvalue weighted by molar-refractivity contribution is 0.306. The van der Waals surface area contributed by atoms with Crippen LogP contribution in [0.15, 0.2) is 19.7 Å². The van der Waals surface area contributed by atoms with E-state index in [1.165, 1.54) is 116 Å². The minimum absolute atomic E-state index is 0.754. The van der Waals surface area contributed by atoms with Gasteiger partial charge in [-0.15, -0.1) is 22.7 Å². The highest BCUT2D eigenvalue weighted by atomic mass is 79.9. The Balaban J connectivity index is 1.22. The number of fused-ring (bicyclic) bond motifs is 1. The molecule has 0 bridgehead atoms. The zero-order valence-electron chi connectivity index (χ0n) is 27.8. The van der Waals surface area contributed by atoms with E-state index in [-0.39, 0.29) is 0 Å². The third-order valence-electron chi connectivity index (χ3n) is 8.21. The van der Waals surface area contributed by atoms with Gasteiger partial charge >= 0.3 is 0 Å². The zero-order chi connectivity index (χ0) is 32.4. The van der Waals surface area contributed by atoms with Crippen LogP contribution < -0.4 is 9.47 Å². The van der Waals surface area contributed by atoms with Crippen molar-refractivity contribution in [1.82, 2.24) is 9.97 Å². The number of hydrogen-bond donors (Lipinski definition) is 0. The first kappa shape index (κ1) is 38.3. The average Bonchev–Trinajstić information content (AvgIpc) is 3.81. The van der Waals surface area contributed by atoms with E-state index in [2.05, 4.69) is 57.8 Å². The quantitative estimate of drug-likeness (QED) is 0.0591. The summed E-state index contributed by atoms with van der Waals surface area (Å²) in [7, 11) is 0. The van der Waals surface area contributed by atoms with Crippen molar-refractivity contribution in [3.05, 3.63) is 19.7 Å². The molecule has 4 rings (SSSR count). The topological polar surface area (TPSA) is 44.2 Å². The lowest BCUT2D eigenvalue weighted by Crippen LogP contribution is -1.97. The Bertz CT molecular complexity index is 1260. The van der Waals surface area contributed by atoms with Crippen molar-refractivity contribution in [3.8, 4) is 31.3 Å². The summed E-state index contributed by atoms with van der Waals surface area (Å²) in [5.74, 6) is 1.86. The Hall–Kier alpha value is -0.520. The summed E-state index contributed by atoms with van der Waals surface area (Å²) < 4.78 is 14.7. The zero-order valence-corrected chi connectivity index (χ0v) is 34.2. The van der Waals surface area contributed by atoms with Crippen LogP contribution in [0.5, 0.6) is 11.5 Å². The highest BCUT2D eigenvalue weighted by molar-refractivity contribution is 9.11. The van der Waals surface area contributed by atoms with Gasteiger partial charge in [0.25, 0.3) is 0 Å². The van der Waals surface area contributed by atoms with Crippen LogP contribution in [0.1, 0.15) is 142 Å². The van der Waals surface area contributed by atoms with E-state index in [0.717, 1.165) is 74.6 Å². The Kier molecular flexibility index (Phi) is 18.5. The number of halogens is 2. The highest BCUT2D eigenvalue weighted by Crippen LogP contribution is 2.48. The van der Waals surface area contributed by atoms with Crippen LogP contribution in [0.4, 0.5) is 0 Å². The molecular formula is C36H52Br2N2O2S4. The van der Waals surface area contributed by atoms with Crippen LogP contribution in [0.2, 0.25) is 0 Å². The van der Waals surface area contributed by atoms with E-state index < -0.39 is 0 Å². The van der Waals surface area contributed by atoms with Crippen LogP contribution >= 0.6 is 77.2 Å². The lowest BCUT2D eigenvalue weighted by atomic mass is 10.1. The fraction of sp³-hybridized carbons (Fsp3) is 0.667.